The second kappa shape index (κ2) is 5.85. The number of carbonyl (C=O) groups is 2. The zero-order valence-corrected chi connectivity index (χ0v) is 13.0. The maximum atomic E-state index is 12.3. The number of hydrogen-bond acceptors (Lipinski definition) is 4. The Morgan fingerprint density at radius 1 is 1.33 bits per heavy atom. The summed E-state index contributed by atoms with van der Waals surface area (Å²) < 4.78 is 5.34. The summed E-state index contributed by atoms with van der Waals surface area (Å²) in [5.74, 6) is 0.458. The lowest BCUT2D eigenvalue weighted by Gasteiger charge is -2.19. The van der Waals surface area contributed by atoms with E-state index in [1.54, 1.807) is 7.11 Å². The average Bonchev–Trinajstić information content (AvgIpc) is 2.62. The molecule has 0 radical (unpaired) electrons. The van der Waals surface area contributed by atoms with Crippen molar-refractivity contribution >= 4 is 11.8 Å². The van der Waals surface area contributed by atoms with Crippen molar-refractivity contribution in [3.63, 3.8) is 0 Å². The lowest BCUT2D eigenvalue weighted by atomic mass is 9.92. The first-order valence-corrected chi connectivity index (χ1v) is 7.04. The fourth-order valence-electron chi connectivity index (χ4n) is 2.63. The Morgan fingerprint density at radius 3 is 2.57 bits per heavy atom. The second-order valence-corrected chi connectivity index (χ2v) is 6.02. The summed E-state index contributed by atoms with van der Waals surface area (Å²) in [6, 6.07) is 5.82. The number of rotatable bonds is 5. The number of amides is 2. The molecule has 1 saturated heterocycles. The minimum absolute atomic E-state index is 0.117. The largest absolute Gasteiger partial charge is 0.496 e. The van der Waals surface area contributed by atoms with Crippen LogP contribution in [0.2, 0.25) is 0 Å². The van der Waals surface area contributed by atoms with E-state index in [4.69, 9.17) is 4.74 Å². The number of nitrogens with one attached hydrogen (secondary N) is 1. The highest BCUT2D eigenvalue weighted by Gasteiger charge is 2.44. The van der Waals surface area contributed by atoms with Crippen LogP contribution in [0.1, 0.15) is 31.4 Å². The summed E-state index contributed by atoms with van der Waals surface area (Å²) in [7, 11) is 3.47. The maximum absolute atomic E-state index is 12.3. The second-order valence-electron chi connectivity index (χ2n) is 6.02. The molecule has 2 rings (SSSR count). The standard InChI is InChI=1S/C16H22N2O3/c1-16(2)8-14(19)18(15(16)20)10-12-7-11(9-17-3)5-6-13(12)21-4/h5-7,17H,8-10H2,1-4H3. The van der Waals surface area contributed by atoms with Gasteiger partial charge in [0.1, 0.15) is 5.75 Å². The van der Waals surface area contributed by atoms with E-state index in [0.717, 1.165) is 17.7 Å². The van der Waals surface area contributed by atoms with Gasteiger partial charge < -0.3 is 10.1 Å². The van der Waals surface area contributed by atoms with Gasteiger partial charge in [-0.2, -0.15) is 0 Å². The van der Waals surface area contributed by atoms with Gasteiger partial charge in [0.25, 0.3) is 0 Å². The summed E-state index contributed by atoms with van der Waals surface area (Å²) in [6.45, 7) is 4.61. The highest BCUT2D eigenvalue weighted by atomic mass is 16.5. The molecule has 1 fully saturated rings. The van der Waals surface area contributed by atoms with Crippen molar-refractivity contribution < 1.29 is 14.3 Å². The van der Waals surface area contributed by atoms with Crippen LogP contribution in [0.15, 0.2) is 18.2 Å². The van der Waals surface area contributed by atoms with Gasteiger partial charge in [0.05, 0.1) is 19.1 Å². The van der Waals surface area contributed by atoms with E-state index >= 15 is 0 Å². The van der Waals surface area contributed by atoms with E-state index in [-0.39, 0.29) is 24.8 Å². The van der Waals surface area contributed by atoms with Crippen LogP contribution in [0.25, 0.3) is 0 Å². The highest BCUT2D eigenvalue weighted by Crippen LogP contribution is 2.34. The SMILES string of the molecule is CNCc1ccc(OC)c(CN2C(=O)CC(C)(C)C2=O)c1. The number of carbonyl (C=O) groups excluding carboxylic acids is 2. The van der Waals surface area contributed by atoms with E-state index in [0.29, 0.717) is 5.75 Å². The number of methoxy groups -OCH3 is 1. The Kier molecular flexibility index (Phi) is 4.32. The molecule has 21 heavy (non-hydrogen) atoms. The van der Waals surface area contributed by atoms with Gasteiger partial charge in [0.15, 0.2) is 0 Å². The highest BCUT2D eigenvalue weighted by molar-refractivity contribution is 6.05. The van der Waals surface area contributed by atoms with Gasteiger partial charge in [0, 0.05) is 18.5 Å². The van der Waals surface area contributed by atoms with Gasteiger partial charge in [-0.1, -0.05) is 19.9 Å². The molecule has 0 atom stereocenters. The minimum Gasteiger partial charge on any atom is -0.496 e. The Balaban J connectivity index is 2.28. The predicted octanol–water partition coefficient (Wildman–Crippen LogP) is 1.70. The summed E-state index contributed by atoms with van der Waals surface area (Å²) in [5.41, 5.74) is 1.34. The van der Waals surface area contributed by atoms with Crippen molar-refractivity contribution in [1.82, 2.24) is 10.2 Å². The molecule has 0 aromatic heterocycles. The van der Waals surface area contributed by atoms with E-state index in [1.165, 1.54) is 4.90 Å². The molecular weight excluding hydrogens is 268 g/mol. The molecule has 1 N–H and O–H groups in total. The van der Waals surface area contributed by atoms with Crippen LogP contribution in [0.3, 0.4) is 0 Å². The Morgan fingerprint density at radius 2 is 2.05 bits per heavy atom. The number of ether oxygens (including phenoxy) is 1. The van der Waals surface area contributed by atoms with Crippen LogP contribution < -0.4 is 10.1 Å². The molecule has 1 aliphatic heterocycles. The third-order valence-electron chi connectivity index (χ3n) is 3.77. The Hall–Kier alpha value is -1.88. The van der Waals surface area contributed by atoms with Crippen molar-refractivity contribution in [2.45, 2.75) is 33.4 Å². The van der Waals surface area contributed by atoms with E-state index < -0.39 is 5.41 Å². The summed E-state index contributed by atoms with van der Waals surface area (Å²) in [6.07, 6.45) is 0.268. The predicted molar refractivity (Wildman–Crippen MR) is 79.7 cm³/mol. The molecule has 5 heteroatoms. The smallest absolute Gasteiger partial charge is 0.235 e. The molecule has 5 nitrogen and oxygen atoms in total. The van der Waals surface area contributed by atoms with Gasteiger partial charge in [-0.25, -0.2) is 0 Å². The lowest BCUT2D eigenvalue weighted by molar-refractivity contribution is -0.141. The zero-order valence-electron chi connectivity index (χ0n) is 13.0. The van der Waals surface area contributed by atoms with Crippen molar-refractivity contribution in [3.05, 3.63) is 29.3 Å². The summed E-state index contributed by atoms with van der Waals surface area (Å²) in [5, 5.41) is 3.08. The van der Waals surface area contributed by atoms with Crippen LogP contribution in [0.5, 0.6) is 5.75 Å². The van der Waals surface area contributed by atoms with E-state index in [1.807, 2.05) is 39.1 Å². The molecule has 1 aromatic carbocycles. The molecule has 0 unspecified atom stereocenters. The fraction of sp³-hybridized carbons (Fsp3) is 0.500. The van der Waals surface area contributed by atoms with Crippen molar-refractivity contribution in [2.24, 2.45) is 5.41 Å². The molecule has 0 saturated carbocycles. The van der Waals surface area contributed by atoms with E-state index in [2.05, 4.69) is 5.32 Å². The van der Waals surface area contributed by atoms with Gasteiger partial charge in [-0.15, -0.1) is 0 Å². The normalized spacial score (nSPS) is 17.4. The molecule has 1 heterocycles. The van der Waals surface area contributed by atoms with Crippen LogP contribution >= 0.6 is 0 Å². The van der Waals surface area contributed by atoms with Gasteiger partial charge in [-0.3, -0.25) is 14.5 Å². The number of hydrogen-bond donors (Lipinski definition) is 1. The third kappa shape index (κ3) is 3.08. The van der Waals surface area contributed by atoms with Crippen LogP contribution in [-0.2, 0) is 22.7 Å². The molecule has 0 aliphatic carbocycles. The fourth-order valence-corrected chi connectivity index (χ4v) is 2.63. The van der Waals surface area contributed by atoms with Gasteiger partial charge in [0.2, 0.25) is 11.8 Å². The molecular formula is C16H22N2O3. The maximum Gasteiger partial charge on any atom is 0.235 e. The van der Waals surface area contributed by atoms with Crippen molar-refractivity contribution in [1.29, 1.82) is 0 Å². The first-order chi connectivity index (χ1) is 9.89. The number of benzene rings is 1. The number of nitrogens with zero attached hydrogens (tertiary/aromatic N) is 1. The number of likely N-dealkylation sites (tertiary alicyclic amines) is 1. The number of imide groups is 1. The molecule has 0 spiro atoms. The molecule has 114 valence electrons. The lowest BCUT2D eigenvalue weighted by Crippen LogP contribution is -2.32. The minimum atomic E-state index is -0.604. The molecule has 1 aromatic rings. The first-order valence-electron chi connectivity index (χ1n) is 7.04. The summed E-state index contributed by atoms with van der Waals surface area (Å²) >= 11 is 0. The van der Waals surface area contributed by atoms with Crippen LogP contribution in [0.4, 0.5) is 0 Å². The Bertz CT molecular complexity index is 567. The molecule has 0 bridgehead atoms. The van der Waals surface area contributed by atoms with Crippen LogP contribution in [0, 0.1) is 5.41 Å². The topological polar surface area (TPSA) is 58.6 Å². The van der Waals surface area contributed by atoms with Crippen molar-refractivity contribution in [3.8, 4) is 5.75 Å². The Labute approximate surface area is 125 Å². The molecule has 1 aliphatic rings. The quantitative estimate of drug-likeness (QED) is 0.839. The monoisotopic (exact) mass is 290 g/mol. The van der Waals surface area contributed by atoms with Crippen LogP contribution in [-0.4, -0.2) is 30.9 Å². The van der Waals surface area contributed by atoms with Gasteiger partial charge in [-0.05, 0) is 24.7 Å². The summed E-state index contributed by atoms with van der Waals surface area (Å²) in [4.78, 5) is 25.7. The third-order valence-corrected chi connectivity index (χ3v) is 3.77. The van der Waals surface area contributed by atoms with Crippen molar-refractivity contribution in [2.75, 3.05) is 14.2 Å². The first kappa shape index (κ1) is 15.5. The average molecular weight is 290 g/mol. The van der Waals surface area contributed by atoms with E-state index in [9.17, 15) is 9.59 Å². The molecule has 2 amide bonds. The van der Waals surface area contributed by atoms with Gasteiger partial charge >= 0.3 is 0 Å². The zero-order chi connectivity index (χ0) is 15.6.